The van der Waals surface area contributed by atoms with E-state index in [1.54, 1.807) is 7.11 Å². The molecule has 4 heteroatoms. The molecular weight excluding hydrogens is 336 g/mol. The molecular formula is C20H24O2S2. The molecule has 2 aromatic carbocycles. The van der Waals surface area contributed by atoms with E-state index in [9.17, 15) is 0 Å². The number of hydrogen-bond acceptors (Lipinski definition) is 4. The molecule has 0 aromatic heterocycles. The number of hydrogen-bond donors (Lipinski definition) is 0. The first-order valence-electron chi connectivity index (χ1n) is 8.45. The Morgan fingerprint density at radius 1 is 0.833 bits per heavy atom. The Labute approximate surface area is 152 Å². The zero-order chi connectivity index (χ0) is 17.1. The van der Waals surface area contributed by atoms with E-state index in [1.165, 1.54) is 44.9 Å². The lowest BCUT2D eigenvalue weighted by Gasteiger charge is -2.22. The molecule has 0 radical (unpaired) electrons. The van der Waals surface area contributed by atoms with Gasteiger partial charge in [-0.15, -0.1) is 0 Å². The van der Waals surface area contributed by atoms with Gasteiger partial charge in [0.15, 0.2) is 0 Å². The Kier molecular flexibility index (Phi) is 5.67. The van der Waals surface area contributed by atoms with Crippen LogP contribution in [0.5, 0.6) is 11.5 Å². The van der Waals surface area contributed by atoms with E-state index in [0.29, 0.717) is 0 Å². The number of ether oxygens (including phenoxy) is 2. The summed E-state index contributed by atoms with van der Waals surface area (Å²) in [4.78, 5) is 2.60. The van der Waals surface area contributed by atoms with Crippen LogP contribution in [0.4, 0.5) is 0 Å². The number of benzene rings is 2. The minimum atomic E-state index is 0.791. The highest BCUT2D eigenvalue weighted by atomic mass is 33.1. The Balaban J connectivity index is 1.96. The topological polar surface area (TPSA) is 18.5 Å². The van der Waals surface area contributed by atoms with Crippen molar-refractivity contribution in [1.82, 2.24) is 0 Å². The van der Waals surface area contributed by atoms with Crippen LogP contribution >= 0.6 is 21.6 Å². The number of rotatable bonds is 6. The number of aryl methyl sites for hydroxylation is 2. The SMILES string of the molecule is CCCCCOc1cc2c(cc1C)SSc1cc(C)c(OC)cc1-2. The summed E-state index contributed by atoms with van der Waals surface area (Å²) in [5.74, 6) is 1.95. The van der Waals surface area contributed by atoms with Crippen molar-refractivity contribution in [2.24, 2.45) is 0 Å². The predicted molar refractivity (Wildman–Crippen MR) is 105 cm³/mol. The molecule has 1 aliphatic heterocycles. The molecule has 1 aliphatic rings. The average molecular weight is 361 g/mol. The van der Waals surface area contributed by atoms with Crippen molar-refractivity contribution < 1.29 is 9.47 Å². The summed E-state index contributed by atoms with van der Waals surface area (Å²) < 4.78 is 11.6. The van der Waals surface area contributed by atoms with Gasteiger partial charge in [0.25, 0.3) is 0 Å². The van der Waals surface area contributed by atoms with Crippen molar-refractivity contribution in [2.45, 2.75) is 49.8 Å². The van der Waals surface area contributed by atoms with Crippen LogP contribution in [0.25, 0.3) is 11.1 Å². The van der Waals surface area contributed by atoms with Gasteiger partial charge < -0.3 is 9.47 Å². The average Bonchev–Trinajstić information content (AvgIpc) is 2.58. The number of unbranched alkanes of at least 4 members (excludes halogenated alkanes) is 2. The van der Waals surface area contributed by atoms with Crippen LogP contribution in [0, 0.1) is 13.8 Å². The third-order valence-electron chi connectivity index (χ3n) is 4.29. The lowest BCUT2D eigenvalue weighted by Crippen LogP contribution is -2.01. The van der Waals surface area contributed by atoms with Crippen LogP contribution in [0.3, 0.4) is 0 Å². The normalized spacial score (nSPS) is 12.5. The quantitative estimate of drug-likeness (QED) is 0.423. The van der Waals surface area contributed by atoms with Gasteiger partial charge in [0, 0.05) is 20.9 Å². The van der Waals surface area contributed by atoms with Gasteiger partial charge in [-0.3, -0.25) is 0 Å². The van der Waals surface area contributed by atoms with Crippen molar-refractivity contribution in [2.75, 3.05) is 13.7 Å². The van der Waals surface area contributed by atoms with Crippen molar-refractivity contribution in [3.8, 4) is 22.6 Å². The number of fused-ring (bicyclic) bond motifs is 3. The summed E-state index contributed by atoms with van der Waals surface area (Å²) in [6.07, 6.45) is 3.55. The summed E-state index contributed by atoms with van der Waals surface area (Å²) in [5.41, 5.74) is 4.88. The highest BCUT2D eigenvalue weighted by Gasteiger charge is 2.21. The Morgan fingerprint density at radius 3 is 2.00 bits per heavy atom. The van der Waals surface area contributed by atoms with Crippen molar-refractivity contribution in [3.63, 3.8) is 0 Å². The van der Waals surface area contributed by atoms with Crippen LogP contribution < -0.4 is 9.47 Å². The van der Waals surface area contributed by atoms with E-state index in [0.717, 1.165) is 24.5 Å². The van der Waals surface area contributed by atoms with Crippen LogP contribution in [-0.2, 0) is 0 Å². The fraction of sp³-hybridized carbons (Fsp3) is 0.400. The van der Waals surface area contributed by atoms with E-state index in [2.05, 4.69) is 45.0 Å². The monoisotopic (exact) mass is 360 g/mol. The zero-order valence-corrected chi connectivity index (χ0v) is 16.4. The van der Waals surface area contributed by atoms with Crippen LogP contribution in [-0.4, -0.2) is 13.7 Å². The summed E-state index contributed by atoms with van der Waals surface area (Å²) in [6.45, 7) is 7.23. The first-order valence-corrected chi connectivity index (χ1v) is 10.6. The lowest BCUT2D eigenvalue weighted by molar-refractivity contribution is 0.304. The third-order valence-corrected chi connectivity index (χ3v) is 6.74. The molecule has 0 unspecified atom stereocenters. The Hall–Kier alpha value is -1.26. The molecule has 0 bridgehead atoms. The van der Waals surface area contributed by atoms with Crippen LogP contribution in [0.2, 0.25) is 0 Å². The molecule has 128 valence electrons. The van der Waals surface area contributed by atoms with Gasteiger partial charge in [-0.05, 0) is 55.7 Å². The van der Waals surface area contributed by atoms with Gasteiger partial charge >= 0.3 is 0 Å². The van der Waals surface area contributed by atoms with Crippen LogP contribution in [0.15, 0.2) is 34.1 Å². The van der Waals surface area contributed by atoms with Gasteiger partial charge in [0.2, 0.25) is 0 Å². The second-order valence-corrected chi connectivity index (χ2v) is 8.37. The van der Waals surface area contributed by atoms with Crippen molar-refractivity contribution in [1.29, 1.82) is 0 Å². The van der Waals surface area contributed by atoms with E-state index in [4.69, 9.17) is 9.47 Å². The molecule has 2 aromatic rings. The maximum atomic E-state index is 6.05. The highest BCUT2D eigenvalue weighted by molar-refractivity contribution is 8.76. The van der Waals surface area contributed by atoms with Gasteiger partial charge in [-0.2, -0.15) is 0 Å². The fourth-order valence-electron chi connectivity index (χ4n) is 2.88. The molecule has 1 heterocycles. The maximum Gasteiger partial charge on any atom is 0.122 e. The summed E-state index contributed by atoms with van der Waals surface area (Å²) >= 11 is 0. The van der Waals surface area contributed by atoms with E-state index >= 15 is 0 Å². The smallest absolute Gasteiger partial charge is 0.122 e. The molecule has 0 aliphatic carbocycles. The summed E-state index contributed by atoms with van der Waals surface area (Å²) in [7, 11) is 5.39. The second-order valence-electron chi connectivity index (χ2n) is 6.15. The van der Waals surface area contributed by atoms with Crippen LogP contribution in [0.1, 0.15) is 37.3 Å². The molecule has 0 saturated heterocycles. The summed E-state index contributed by atoms with van der Waals surface area (Å²) in [6, 6.07) is 8.83. The zero-order valence-electron chi connectivity index (χ0n) is 14.8. The Bertz CT molecular complexity index is 741. The minimum absolute atomic E-state index is 0.791. The Morgan fingerprint density at radius 2 is 1.42 bits per heavy atom. The van der Waals surface area contributed by atoms with Crippen molar-refractivity contribution >= 4 is 21.6 Å². The highest BCUT2D eigenvalue weighted by Crippen LogP contribution is 2.53. The van der Waals surface area contributed by atoms with Gasteiger partial charge in [0.1, 0.15) is 11.5 Å². The van der Waals surface area contributed by atoms with E-state index in [1.807, 2.05) is 21.6 Å². The molecule has 0 spiro atoms. The van der Waals surface area contributed by atoms with Gasteiger partial charge in [0.05, 0.1) is 13.7 Å². The molecule has 0 fully saturated rings. The van der Waals surface area contributed by atoms with E-state index in [-0.39, 0.29) is 0 Å². The van der Waals surface area contributed by atoms with E-state index < -0.39 is 0 Å². The van der Waals surface area contributed by atoms with Gasteiger partial charge in [-0.25, -0.2) is 0 Å². The molecule has 0 amide bonds. The first-order chi connectivity index (χ1) is 11.6. The molecule has 0 atom stereocenters. The third kappa shape index (κ3) is 3.55. The molecule has 0 N–H and O–H groups in total. The summed E-state index contributed by atoms with van der Waals surface area (Å²) in [5, 5.41) is 0. The molecule has 24 heavy (non-hydrogen) atoms. The molecule has 3 rings (SSSR count). The first kappa shape index (κ1) is 17.6. The molecule has 2 nitrogen and oxygen atoms in total. The van der Waals surface area contributed by atoms with Crippen molar-refractivity contribution in [3.05, 3.63) is 35.4 Å². The number of methoxy groups -OCH3 is 1. The largest absolute Gasteiger partial charge is 0.496 e. The maximum absolute atomic E-state index is 6.05. The minimum Gasteiger partial charge on any atom is -0.496 e. The predicted octanol–water partition coefficient (Wildman–Crippen LogP) is 6.66. The fourth-order valence-corrected chi connectivity index (χ4v) is 5.39. The lowest BCUT2D eigenvalue weighted by atomic mass is 10.0. The second kappa shape index (κ2) is 7.75. The standard InChI is InChI=1S/C20H24O2S2/c1-5-6-7-8-22-18-12-16-15-11-17(21-4)13(2)9-19(15)23-24-20(16)10-14(18)3/h9-12H,5-8H2,1-4H3. The van der Waals surface area contributed by atoms with Gasteiger partial charge in [-0.1, -0.05) is 41.4 Å². The molecule has 0 saturated carbocycles.